The lowest BCUT2D eigenvalue weighted by molar-refractivity contribution is -0.128. The summed E-state index contributed by atoms with van der Waals surface area (Å²) in [6, 6.07) is -0.823. The molecule has 1 unspecified atom stereocenters. The van der Waals surface area contributed by atoms with Crippen molar-refractivity contribution in [2.75, 3.05) is 18.9 Å². The Bertz CT molecular complexity index is 555. The number of likely N-dealkylation sites (N-methyl/N-ethyl adjacent to an activating group) is 1. The van der Waals surface area contributed by atoms with E-state index in [1.807, 2.05) is 0 Å². The number of aromatic nitrogens is 2. The van der Waals surface area contributed by atoms with Crippen LogP contribution in [0.15, 0.2) is 0 Å². The minimum Gasteiger partial charge on any atom is -0.344 e. The molecule has 1 aromatic heterocycles. The summed E-state index contributed by atoms with van der Waals surface area (Å²) in [5, 5.41) is 15.1. The lowest BCUT2D eigenvalue weighted by Gasteiger charge is -2.18. The molecule has 1 aliphatic carbocycles. The highest BCUT2D eigenvalue weighted by molar-refractivity contribution is 7.15. The largest absolute Gasteiger partial charge is 0.344 e. The number of carbonyl (C=O) groups is 2. The van der Waals surface area contributed by atoms with Crippen LogP contribution in [-0.2, 0) is 4.79 Å². The molecule has 0 spiro atoms. The number of rotatable bonds is 3. The number of carbonyl (C=O) groups excluding carboxylic acids is 2. The van der Waals surface area contributed by atoms with Crippen molar-refractivity contribution in [3.63, 3.8) is 0 Å². The third-order valence-corrected chi connectivity index (χ3v) is 5.35. The summed E-state index contributed by atoms with van der Waals surface area (Å²) >= 11 is 1.44. The Kier molecular flexibility index (Phi) is 4.56. The van der Waals surface area contributed by atoms with E-state index >= 15 is 0 Å². The molecule has 1 atom stereocenters. The molecule has 2 fully saturated rings. The first-order valence-corrected chi connectivity index (χ1v) is 8.61. The van der Waals surface area contributed by atoms with Crippen molar-refractivity contribution in [3.05, 3.63) is 5.01 Å². The normalized spacial score (nSPS) is 22.9. The van der Waals surface area contributed by atoms with E-state index in [0.717, 1.165) is 17.8 Å². The van der Waals surface area contributed by atoms with Gasteiger partial charge in [-0.05, 0) is 19.3 Å². The van der Waals surface area contributed by atoms with Gasteiger partial charge in [0.2, 0.25) is 11.0 Å². The number of hydrogen-bond donors (Lipinski definition) is 2. The average molecular weight is 323 g/mol. The minimum absolute atomic E-state index is 0.0460. The van der Waals surface area contributed by atoms with Crippen LogP contribution < -0.4 is 10.6 Å². The number of amides is 3. The number of likely N-dealkylation sites (tertiary alicyclic amines) is 1. The fourth-order valence-corrected chi connectivity index (χ4v) is 3.95. The van der Waals surface area contributed by atoms with Crippen LogP contribution in [0.3, 0.4) is 0 Å². The number of hydrogen-bond acceptors (Lipinski definition) is 5. The summed E-state index contributed by atoms with van der Waals surface area (Å²) in [7, 11) is 1.74. The first-order valence-electron chi connectivity index (χ1n) is 7.79. The number of nitrogens with zero attached hydrogens (tertiary/aromatic N) is 3. The molecule has 2 N–H and O–H groups in total. The minimum atomic E-state index is -0.435. The van der Waals surface area contributed by atoms with Crippen LogP contribution in [0, 0.1) is 0 Å². The van der Waals surface area contributed by atoms with Crippen molar-refractivity contribution in [1.29, 1.82) is 0 Å². The van der Waals surface area contributed by atoms with E-state index in [2.05, 4.69) is 20.8 Å². The van der Waals surface area contributed by atoms with Gasteiger partial charge >= 0.3 is 6.03 Å². The Hall–Kier alpha value is -1.70. The molecule has 1 aromatic rings. The summed E-state index contributed by atoms with van der Waals surface area (Å²) < 4.78 is 0. The highest BCUT2D eigenvalue weighted by Gasteiger charge is 2.30. The lowest BCUT2D eigenvalue weighted by Crippen LogP contribution is -2.42. The second-order valence-electron chi connectivity index (χ2n) is 5.98. The molecule has 22 heavy (non-hydrogen) atoms. The van der Waals surface area contributed by atoms with Gasteiger partial charge in [0.1, 0.15) is 11.0 Å². The van der Waals surface area contributed by atoms with E-state index in [4.69, 9.17) is 0 Å². The van der Waals surface area contributed by atoms with Gasteiger partial charge in [-0.15, -0.1) is 10.2 Å². The maximum absolute atomic E-state index is 12.0. The van der Waals surface area contributed by atoms with Gasteiger partial charge in [-0.25, -0.2) is 4.79 Å². The lowest BCUT2D eigenvalue weighted by atomic mass is 9.90. The zero-order valence-corrected chi connectivity index (χ0v) is 13.5. The van der Waals surface area contributed by atoms with Crippen LogP contribution in [0.5, 0.6) is 0 Å². The molecule has 7 nitrogen and oxygen atoms in total. The first-order chi connectivity index (χ1) is 10.6. The molecule has 0 aromatic carbocycles. The van der Waals surface area contributed by atoms with Crippen LogP contribution in [0.1, 0.15) is 49.5 Å². The molecule has 1 aliphatic heterocycles. The Morgan fingerprint density at radius 3 is 2.68 bits per heavy atom. The zero-order valence-electron chi connectivity index (χ0n) is 12.7. The van der Waals surface area contributed by atoms with Gasteiger partial charge in [0.05, 0.1) is 0 Å². The monoisotopic (exact) mass is 323 g/mol. The molecule has 0 bridgehead atoms. The number of anilines is 1. The van der Waals surface area contributed by atoms with Crippen molar-refractivity contribution >= 4 is 28.4 Å². The van der Waals surface area contributed by atoms with Crippen LogP contribution in [0.25, 0.3) is 0 Å². The Balaban J connectivity index is 1.53. The summed E-state index contributed by atoms with van der Waals surface area (Å²) in [5.74, 6) is 0.435. The maximum atomic E-state index is 12.0. The van der Waals surface area contributed by atoms with Gasteiger partial charge in [0.15, 0.2) is 0 Å². The van der Waals surface area contributed by atoms with E-state index in [9.17, 15) is 9.59 Å². The van der Waals surface area contributed by atoms with Crippen molar-refractivity contribution < 1.29 is 9.59 Å². The molecule has 0 radical (unpaired) electrons. The van der Waals surface area contributed by atoms with Crippen LogP contribution in [0.4, 0.5) is 9.93 Å². The van der Waals surface area contributed by atoms with E-state index in [0.29, 0.717) is 24.0 Å². The van der Waals surface area contributed by atoms with Gasteiger partial charge in [-0.3, -0.25) is 10.1 Å². The highest BCUT2D eigenvalue weighted by Crippen LogP contribution is 2.35. The van der Waals surface area contributed by atoms with Crippen molar-refractivity contribution in [3.8, 4) is 0 Å². The number of nitrogens with one attached hydrogen (secondary N) is 2. The predicted octanol–water partition coefficient (Wildman–Crippen LogP) is 1.94. The SMILES string of the molecule is CN1CCC(NC(=O)Nc2nnc(C3CCCCC3)s2)C1=O. The standard InChI is InChI=1S/C14H21N5O2S/c1-19-8-7-10(12(19)20)15-13(21)16-14-18-17-11(22-14)9-5-3-2-4-6-9/h9-10H,2-8H2,1H3,(H2,15,16,18,21). The second-order valence-corrected chi connectivity index (χ2v) is 6.99. The molecule has 2 heterocycles. The molecule has 1 saturated heterocycles. The van der Waals surface area contributed by atoms with E-state index in [-0.39, 0.29) is 11.9 Å². The average Bonchev–Trinajstić information content (AvgIpc) is 3.10. The fraction of sp³-hybridized carbons (Fsp3) is 0.714. The zero-order chi connectivity index (χ0) is 15.5. The molecule has 8 heteroatoms. The van der Waals surface area contributed by atoms with Crippen LogP contribution in [0.2, 0.25) is 0 Å². The van der Waals surface area contributed by atoms with Gasteiger partial charge in [0.25, 0.3) is 0 Å². The second kappa shape index (κ2) is 6.60. The molecule has 3 rings (SSSR count). The molecular weight excluding hydrogens is 302 g/mol. The smallest absolute Gasteiger partial charge is 0.321 e. The van der Waals surface area contributed by atoms with Crippen molar-refractivity contribution in [2.24, 2.45) is 0 Å². The fourth-order valence-electron chi connectivity index (χ4n) is 3.05. The molecule has 120 valence electrons. The Morgan fingerprint density at radius 2 is 2.00 bits per heavy atom. The van der Waals surface area contributed by atoms with Crippen LogP contribution in [-0.4, -0.2) is 46.7 Å². The molecule has 2 aliphatic rings. The quantitative estimate of drug-likeness (QED) is 0.890. The summed E-state index contributed by atoms with van der Waals surface area (Å²) in [6.07, 6.45) is 6.74. The Labute approximate surface area is 133 Å². The van der Waals surface area contributed by atoms with Crippen LogP contribution >= 0.6 is 11.3 Å². The topological polar surface area (TPSA) is 87.2 Å². The predicted molar refractivity (Wildman–Crippen MR) is 83.9 cm³/mol. The molecule has 1 saturated carbocycles. The molecule has 3 amide bonds. The van der Waals surface area contributed by atoms with E-state index < -0.39 is 6.04 Å². The third-order valence-electron chi connectivity index (χ3n) is 4.35. The highest BCUT2D eigenvalue weighted by atomic mass is 32.1. The maximum Gasteiger partial charge on any atom is 0.321 e. The van der Waals surface area contributed by atoms with Gasteiger partial charge < -0.3 is 10.2 Å². The summed E-state index contributed by atoms with van der Waals surface area (Å²) in [5.41, 5.74) is 0. The Morgan fingerprint density at radius 1 is 1.23 bits per heavy atom. The third kappa shape index (κ3) is 3.37. The summed E-state index contributed by atoms with van der Waals surface area (Å²) in [6.45, 7) is 0.675. The number of urea groups is 1. The first kappa shape index (κ1) is 15.2. The van der Waals surface area contributed by atoms with Gasteiger partial charge in [-0.2, -0.15) is 0 Å². The van der Waals surface area contributed by atoms with E-state index in [1.165, 1.54) is 30.6 Å². The molecular formula is C14H21N5O2S. The van der Waals surface area contributed by atoms with Crippen molar-refractivity contribution in [1.82, 2.24) is 20.4 Å². The summed E-state index contributed by atoms with van der Waals surface area (Å²) in [4.78, 5) is 25.3. The van der Waals surface area contributed by atoms with E-state index in [1.54, 1.807) is 11.9 Å². The van der Waals surface area contributed by atoms with Crippen molar-refractivity contribution in [2.45, 2.75) is 50.5 Å². The van der Waals surface area contributed by atoms with Gasteiger partial charge in [0, 0.05) is 19.5 Å². The van der Waals surface area contributed by atoms with Gasteiger partial charge in [-0.1, -0.05) is 30.6 Å².